The van der Waals surface area contributed by atoms with Gasteiger partial charge in [-0.1, -0.05) is 12.1 Å². The van der Waals surface area contributed by atoms with Gasteiger partial charge in [-0.15, -0.1) is 0 Å². The van der Waals surface area contributed by atoms with Gasteiger partial charge in [-0.05, 0) is 25.0 Å². The average Bonchev–Trinajstić information content (AvgIpc) is 2.55. The standard InChI is InChI=1S/C11H10O2/c1-7-3-4-10-9(5-12)6-13-11(10)8(7)2/h3-6H,1-2H3. The van der Waals surface area contributed by atoms with E-state index in [1.165, 1.54) is 11.8 Å². The molecule has 2 rings (SSSR count). The minimum absolute atomic E-state index is 0.623. The van der Waals surface area contributed by atoms with Gasteiger partial charge in [-0.25, -0.2) is 0 Å². The summed E-state index contributed by atoms with van der Waals surface area (Å²) in [6, 6.07) is 3.92. The van der Waals surface area contributed by atoms with Crippen LogP contribution in [0.4, 0.5) is 0 Å². The summed E-state index contributed by atoms with van der Waals surface area (Å²) in [5, 5.41) is 0.901. The van der Waals surface area contributed by atoms with E-state index >= 15 is 0 Å². The van der Waals surface area contributed by atoms with Crippen molar-refractivity contribution in [3.8, 4) is 0 Å². The molecule has 0 radical (unpaired) electrons. The van der Waals surface area contributed by atoms with Crippen LogP contribution < -0.4 is 0 Å². The Morgan fingerprint density at radius 1 is 1.31 bits per heavy atom. The number of hydrogen-bond acceptors (Lipinski definition) is 2. The molecular formula is C11H10O2. The third-order valence-corrected chi connectivity index (χ3v) is 2.42. The van der Waals surface area contributed by atoms with Crippen LogP contribution in [0, 0.1) is 13.8 Å². The van der Waals surface area contributed by atoms with Crippen molar-refractivity contribution in [3.63, 3.8) is 0 Å². The monoisotopic (exact) mass is 174 g/mol. The number of carbonyl (C=O) groups excluding carboxylic acids is 1. The lowest BCUT2D eigenvalue weighted by atomic mass is 10.1. The topological polar surface area (TPSA) is 30.2 Å². The molecule has 1 aromatic carbocycles. The Balaban J connectivity index is 2.88. The van der Waals surface area contributed by atoms with Crippen LogP contribution in [0.5, 0.6) is 0 Å². The molecule has 1 aromatic heterocycles. The predicted octanol–water partition coefficient (Wildman–Crippen LogP) is 2.86. The minimum Gasteiger partial charge on any atom is -0.463 e. The van der Waals surface area contributed by atoms with Crippen LogP contribution in [0.15, 0.2) is 22.8 Å². The Morgan fingerprint density at radius 3 is 2.77 bits per heavy atom. The molecule has 0 atom stereocenters. The lowest BCUT2D eigenvalue weighted by Gasteiger charge is -1.98. The summed E-state index contributed by atoms with van der Waals surface area (Å²) in [4.78, 5) is 10.6. The molecule has 0 bridgehead atoms. The number of aldehydes is 1. The van der Waals surface area contributed by atoms with Gasteiger partial charge in [0.15, 0.2) is 6.29 Å². The van der Waals surface area contributed by atoms with Crippen LogP contribution in [-0.2, 0) is 0 Å². The summed E-state index contributed by atoms with van der Waals surface area (Å²) in [5.41, 5.74) is 3.73. The summed E-state index contributed by atoms with van der Waals surface area (Å²) in [5.74, 6) is 0. The lowest BCUT2D eigenvalue weighted by Crippen LogP contribution is -1.81. The molecule has 0 aliphatic heterocycles. The zero-order valence-electron chi connectivity index (χ0n) is 7.63. The number of hydrogen-bond donors (Lipinski definition) is 0. The van der Waals surface area contributed by atoms with Gasteiger partial charge in [0.1, 0.15) is 11.8 Å². The lowest BCUT2D eigenvalue weighted by molar-refractivity contribution is 0.112. The van der Waals surface area contributed by atoms with Crippen molar-refractivity contribution in [2.45, 2.75) is 13.8 Å². The maximum absolute atomic E-state index is 10.6. The van der Waals surface area contributed by atoms with E-state index < -0.39 is 0 Å². The van der Waals surface area contributed by atoms with Crippen LogP contribution >= 0.6 is 0 Å². The second kappa shape index (κ2) is 2.73. The molecule has 13 heavy (non-hydrogen) atoms. The van der Waals surface area contributed by atoms with E-state index in [9.17, 15) is 4.79 Å². The molecule has 66 valence electrons. The van der Waals surface area contributed by atoms with Crippen molar-refractivity contribution < 1.29 is 9.21 Å². The Bertz CT molecular complexity index is 466. The molecule has 1 heterocycles. The number of benzene rings is 1. The smallest absolute Gasteiger partial charge is 0.153 e. The van der Waals surface area contributed by atoms with Crippen molar-refractivity contribution in [2.24, 2.45) is 0 Å². The van der Waals surface area contributed by atoms with E-state index in [2.05, 4.69) is 0 Å². The zero-order chi connectivity index (χ0) is 9.42. The van der Waals surface area contributed by atoms with E-state index in [0.29, 0.717) is 5.56 Å². The van der Waals surface area contributed by atoms with E-state index in [1.54, 1.807) is 0 Å². The molecule has 0 fully saturated rings. The van der Waals surface area contributed by atoms with Crippen molar-refractivity contribution in [3.05, 3.63) is 35.1 Å². The summed E-state index contributed by atoms with van der Waals surface area (Å²) in [7, 11) is 0. The third-order valence-electron chi connectivity index (χ3n) is 2.42. The number of furan rings is 1. The SMILES string of the molecule is Cc1ccc2c(C=O)coc2c1C. The molecular weight excluding hydrogens is 164 g/mol. The quantitative estimate of drug-likeness (QED) is 0.622. The van der Waals surface area contributed by atoms with E-state index in [4.69, 9.17) is 4.42 Å². The molecule has 0 aliphatic carbocycles. The molecule has 2 aromatic rings. The largest absolute Gasteiger partial charge is 0.463 e. The van der Waals surface area contributed by atoms with Crippen molar-refractivity contribution >= 4 is 17.3 Å². The molecule has 0 amide bonds. The van der Waals surface area contributed by atoms with Crippen LogP contribution in [0.3, 0.4) is 0 Å². The maximum atomic E-state index is 10.6. The molecule has 0 saturated carbocycles. The maximum Gasteiger partial charge on any atom is 0.153 e. The van der Waals surface area contributed by atoms with Gasteiger partial charge in [-0.3, -0.25) is 4.79 Å². The second-order valence-corrected chi connectivity index (χ2v) is 3.19. The fourth-order valence-electron chi connectivity index (χ4n) is 1.45. The molecule has 0 spiro atoms. The summed E-state index contributed by atoms with van der Waals surface area (Å²) < 4.78 is 5.32. The molecule has 0 N–H and O–H groups in total. The first-order valence-electron chi connectivity index (χ1n) is 4.16. The van der Waals surface area contributed by atoms with E-state index in [-0.39, 0.29) is 0 Å². The second-order valence-electron chi connectivity index (χ2n) is 3.19. The zero-order valence-corrected chi connectivity index (χ0v) is 7.63. The Kier molecular flexibility index (Phi) is 1.69. The predicted molar refractivity (Wildman–Crippen MR) is 51.1 cm³/mol. The van der Waals surface area contributed by atoms with Crippen LogP contribution in [-0.4, -0.2) is 6.29 Å². The summed E-state index contributed by atoms with van der Waals surface area (Å²) in [6.07, 6.45) is 2.32. The molecule has 2 heteroatoms. The Labute approximate surface area is 76.2 Å². The summed E-state index contributed by atoms with van der Waals surface area (Å²) >= 11 is 0. The molecule has 0 aliphatic rings. The first kappa shape index (κ1) is 8.05. The molecule has 0 saturated heterocycles. The van der Waals surface area contributed by atoms with Crippen molar-refractivity contribution in [1.82, 2.24) is 0 Å². The number of carbonyl (C=O) groups is 1. The Morgan fingerprint density at radius 2 is 2.08 bits per heavy atom. The highest BCUT2D eigenvalue weighted by atomic mass is 16.3. The van der Waals surface area contributed by atoms with Gasteiger partial charge in [0.05, 0.1) is 5.56 Å². The van der Waals surface area contributed by atoms with Gasteiger partial charge in [0.2, 0.25) is 0 Å². The highest BCUT2D eigenvalue weighted by Crippen LogP contribution is 2.25. The van der Waals surface area contributed by atoms with E-state index in [0.717, 1.165) is 22.8 Å². The van der Waals surface area contributed by atoms with Crippen molar-refractivity contribution in [2.75, 3.05) is 0 Å². The molecule has 2 nitrogen and oxygen atoms in total. The van der Waals surface area contributed by atoms with Gasteiger partial charge in [0, 0.05) is 5.39 Å². The normalized spacial score (nSPS) is 10.6. The van der Waals surface area contributed by atoms with Gasteiger partial charge < -0.3 is 4.42 Å². The number of rotatable bonds is 1. The van der Waals surface area contributed by atoms with Crippen LogP contribution in [0.2, 0.25) is 0 Å². The minimum atomic E-state index is 0.623. The fraction of sp³-hybridized carbons (Fsp3) is 0.182. The highest BCUT2D eigenvalue weighted by molar-refractivity contribution is 5.97. The van der Waals surface area contributed by atoms with Gasteiger partial charge in [0.25, 0.3) is 0 Å². The third kappa shape index (κ3) is 1.06. The number of fused-ring (bicyclic) bond motifs is 1. The first-order valence-corrected chi connectivity index (χ1v) is 4.16. The summed E-state index contributed by atoms with van der Waals surface area (Å²) in [6.45, 7) is 4.02. The average molecular weight is 174 g/mol. The first-order chi connectivity index (χ1) is 6.24. The van der Waals surface area contributed by atoms with Gasteiger partial charge >= 0.3 is 0 Å². The molecule has 0 unspecified atom stereocenters. The Hall–Kier alpha value is -1.57. The van der Waals surface area contributed by atoms with E-state index in [1.807, 2.05) is 26.0 Å². The van der Waals surface area contributed by atoms with Crippen LogP contribution in [0.25, 0.3) is 11.0 Å². The number of aryl methyl sites for hydroxylation is 2. The highest BCUT2D eigenvalue weighted by Gasteiger charge is 2.07. The fourth-order valence-corrected chi connectivity index (χ4v) is 1.45. The van der Waals surface area contributed by atoms with Gasteiger partial charge in [-0.2, -0.15) is 0 Å². The van der Waals surface area contributed by atoms with Crippen LogP contribution in [0.1, 0.15) is 21.5 Å². The van der Waals surface area contributed by atoms with Crippen molar-refractivity contribution in [1.29, 1.82) is 0 Å².